The summed E-state index contributed by atoms with van der Waals surface area (Å²) in [6.07, 6.45) is 0.235. The Morgan fingerprint density at radius 1 is 1.50 bits per heavy atom. The van der Waals surface area contributed by atoms with Crippen molar-refractivity contribution in [1.82, 2.24) is 10.2 Å². The SMILES string of the molecule is Cc1ccc(N2CC(CBr)OCC2C)nn1. The van der Waals surface area contributed by atoms with Gasteiger partial charge in [-0.05, 0) is 26.0 Å². The molecular formula is C11H16BrN3O. The molecule has 0 amide bonds. The van der Waals surface area contributed by atoms with Gasteiger partial charge in [0.05, 0.1) is 24.4 Å². The lowest BCUT2D eigenvalue weighted by molar-refractivity contribution is 0.0376. The molecule has 2 rings (SSSR count). The molecular weight excluding hydrogens is 270 g/mol. The van der Waals surface area contributed by atoms with Crippen molar-refractivity contribution in [3.63, 3.8) is 0 Å². The first-order chi connectivity index (χ1) is 7.70. The van der Waals surface area contributed by atoms with Gasteiger partial charge in [0.1, 0.15) is 0 Å². The molecule has 1 aromatic rings. The number of rotatable bonds is 2. The average Bonchev–Trinajstić information content (AvgIpc) is 2.31. The van der Waals surface area contributed by atoms with Crippen molar-refractivity contribution in [2.24, 2.45) is 0 Å². The van der Waals surface area contributed by atoms with Crippen LogP contribution in [0.5, 0.6) is 0 Å². The Balaban J connectivity index is 2.14. The zero-order valence-corrected chi connectivity index (χ0v) is 11.1. The molecule has 0 aliphatic carbocycles. The molecule has 1 aliphatic heterocycles. The van der Waals surface area contributed by atoms with Gasteiger partial charge < -0.3 is 9.64 Å². The molecule has 2 atom stereocenters. The lowest BCUT2D eigenvalue weighted by Gasteiger charge is -2.38. The number of aryl methyl sites for hydroxylation is 1. The molecule has 1 saturated heterocycles. The Kier molecular flexibility index (Phi) is 3.76. The molecule has 2 heterocycles. The second kappa shape index (κ2) is 5.10. The normalized spacial score (nSPS) is 25.8. The molecule has 4 nitrogen and oxygen atoms in total. The van der Waals surface area contributed by atoms with Gasteiger partial charge in [-0.2, -0.15) is 5.10 Å². The lowest BCUT2D eigenvalue weighted by Crippen LogP contribution is -2.49. The Labute approximate surface area is 104 Å². The summed E-state index contributed by atoms with van der Waals surface area (Å²) >= 11 is 3.45. The van der Waals surface area contributed by atoms with Crippen LogP contribution < -0.4 is 4.90 Å². The van der Waals surface area contributed by atoms with Crippen LogP contribution in [0.15, 0.2) is 12.1 Å². The molecule has 0 aromatic carbocycles. The van der Waals surface area contributed by atoms with Gasteiger partial charge in [-0.25, -0.2) is 0 Å². The molecule has 1 aromatic heterocycles. The zero-order valence-electron chi connectivity index (χ0n) is 9.56. The molecule has 16 heavy (non-hydrogen) atoms. The number of nitrogens with zero attached hydrogens (tertiary/aromatic N) is 3. The smallest absolute Gasteiger partial charge is 0.151 e. The van der Waals surface area contributed by atoms with Gasteiger partial charge in [-0.3, -0.25) is 0 Å². The van der Waals surface area contributed by atoms with Crippen molar-refractivity contribution in [1.29, 1.82) is 0 Å². The third-order valence-electron chi connectivity index (χ3n) is 2.76. The summed E-state index contributed by atoms with van der Waals surface area (Å²) in [6, 6.07) is 4.37. The number of hydrogen-bond acceptors (Lipinski definition) is 4. The van der Waals surface area contributed by atoms with Gasteiger partial charge in [0, 0.05) is 11.9 Å². The summed E-state index contributed by atoms with van der Waals surface area (Å²) in [6.45, 7) is 5.70. The van der Waals surface area contributed by atoms with Crippen LogP contribution in [0.4, 0.5) is 5.82 Å². The van der Waals surface area contributed by atoms with Gasteiger partial charge in [0.25, 0.3) is 0 Å². The van der Waals surface area contributed by atoms with E-state index in [2.05, 4.69) is 38.0 Å². The van der Waals surface area contributed by atoms with E-state index in [1.54, 1.807) is 0 Å². The van der Waals surface area contributed by atoms with Gasteiger partial charge >= 0.3 is 0 Å². The van der Waals surface area contributed by atoms with Crippen LogP contribution in [0.1, 0.15) is 12.6 Å². The number of alkyl halides is 1. The largest absolute Gasteiger partial charge is 0.373 e. The zero-order chi connectivity index (χ0) is 11.5. The van der Waals surface area contributed by atoms with E-state index in [-0.39, 0.29) is 6.10 Å². The Morgan fingerprint density at radius 3 is 2.94 bits per heavy atom. The second-order valence-electron chi connectivity index (χ2n) is 4.14. The van der Waals surface area contributed by atoms with Crippen LogP contribution >= 0.6 is 15.9 Å². The molecule has 88 valence electrons. The van der Waals surface area contributed by atoms with E-state index in [0.717, 1.165) is 30.0 Å². The molecule has 0 bridgehead atoms. The minimum atomic E-state index is 0.235. The number of hydrogen-bond donors (Lipinski definition) is 0. The number of morpholine rings is 1. The maximum absolute atomic E-state index is 5.68. The monoisotopic (exact) mass is 285 g/mol. The summed E-state index contributed by atoms with van der Waals surface area (Å²) in [5, 5.41) is 9.18. The molecule has 0 spiro atoms. The summed E-state index contributed by atoms with van der Waals surface area (Å²) < 4.78 is 5.68. The quantitative estimate of drug-likeness (QED) is 0.777. The average molecular weight is 286 g/mol. The number of halogens is 1. The standard InChI is InChI=1S/C11H16BrN3O/c1-8-3-4-11(14-13-8)15-6-10(5-12)16-7-9(15)2/h3-4,9-10H,5-7H2,1-2H3. The van der Waals surface area contributed by atoms with Gasteiger partial charge in [-0.1, -0.05) is 15.9 Å². The molecule has 0 N–H and O–H groups in total. The molecule has 0 radical (unpaired) electrons. The van der Waals surface area contributed by atoms with E-state index in [4.69, 9.17) is 4.74 Å². The lowest BCUT2D eigenvalue weighted by atomic mass is 10.2. The first-order valence-corrected chi connectivity index (χ1v) is 6.57. The minimum absolute atomic E-state index is 0.235. The van der Waals surface area contributed by atoms with Crippen molar-refractivity contribution in [2.45, 2.75) is 26.0 Å². The van der Waals surface area contributed by atoms with E-state index in [0.29, 0.717) is 6.04 Å². The van der Waals surface area contributed by atoms with Crippen LogP contribution in [0.3, 0.4) is 0 Å². The third-order valence-corrected chi connectivity index (χ3v) is 3.48. The fourth-order valence-electron chi connectivity index (χ4n) is 1.78. The third kappa shape index (κ3) is 2.52. The van der Waals surface area contributed by atoms with E-state index < -0.39 is 0 Å². The summed E-state index contributed by atoms with van der Waals surface area (Å²) in [5.74, 6) is 0.937. The highest BCUT2D eigenvalue weighted by Crippen LogP contribution is 2.19. The van der Waals surface area contributed by atoms with Crippen molar-refractivity contribution in [2.75, 3.05) is 23.4 Å². The summed E-state index contributed by atoms with van der Waals surface area (Å²) in [7, 11) is 0. The Hall–Kier alpha value is -0.680. The minimum Gasteiger partial charge on any atom is -0.373 e. The molecule has 1 fully saturated rings. The van der Waals surface area contributed by atoms with E-state index in [1.807, 2.05) is 19.1 Å². The molecule has 2 unspecified atom stereocenters. The maximum Gasteiger partial charge on any atom is 0.151 e. The van der Waals surface area contributed by atoms with Crippen molar-refractivity contribution in [3.8, 4) is 0 Å². The van der Waals surface area contributed by atoms with Crippen LogP contribution in [-0.4, -0.2) is 40.8 Å². The number of aromatic nitrogens is 2. The first kappa shape index (κ1) is 11.8. The van der Waals surface area contributed by atoms with Gasteiger partial charge in [0.2, 0.25) is 0 Å². The Morgan fingerprint density at radius 2 is 2.31 bits per heavy atom. The van der Waals surface area contributed by atoms with Crippen molar-refractivity contribution < 1.29 is 4.74 Å². The van der Waals surface area contributed by atoms with Gasteiger partial charge in [-0.15, -0.1) is 5.10 Å². The highest BCUT2D eigenvalue weighted by Gasteiger charge is 2.26. The van der Waals surface area contributed by atoms with Crippen molar-refractivity contribution >= 4 is 21.7 Å². The molecule has 1 aliphatic rings. The van der Waals surface area contributed by atoms with E-state index in [1.165, 1.54) is 0 Å². The van der Waals surface area contributed by atoms with Crippen LogP contribution in [0, 0.1) is 6.92 Å². The fourth-order valence-corrected chi connectivity index (χ4v) is 2.17. The van der Waals surface area contributed by atoms with Crippen molar-refractivity contribution in [3.05, 3.63) is 17.8 Å². The van der Waals surface area contributed by atoms with Gasteiger partial charge in [0.15, 0.2) is 5.82 Å². The highest BCUT2D eigenvalue weighted by molar-refractivity contribution is 9.09. The second-order valence-corrected chi connectivity index (χ2v) is 4.79. The van der Waals surface area contributed by atoms with Crippen LogP contribution in [0.25, 0.3) is 0 Å². The first-order valence-electron chi connectivity index (χ1n) is 5.45. The van der Waals surface area contributed by atoms with E-state index >= 15 is 0 Å². The summed E-state index contributed by atoms with van der Waals surface area (Å²) in [4.78, 5) is 2.25. The predicted molar refractivity (Wildman–Crippen MR) is 67.1 cm³/mol. The highest BCUT2D eigenvalue weighted by atomic mass is 79.9. The summed E-state index contributed by atoms with van der Waals surface area (Å²) in [5.41, 5.74) is 0.946. The number of ether oxygens (including phenoxy) is 1. The van der Waals surface area contributed by atoms with Crippen LogP contribution in [-0.2, 0) is 4.74 Å². The maximum atomic E-state index is 5.68. The Bertz CT molecular complexity index is 344. The van der Waals surface area contributed by atoms with E-state index in [9.17, 15) is 0 Å². The van der Waals surface area contributed by atoms with Crippen LogP contribution in [0.2, 0.25) is 0 Å². The molecule has 5 heteroatoms. The molecule has 0 saturated carbocycles. The number of anilines is 1. The predicted octanol–water partition coefficient (Wildman–Crippen LogP) is 1.77. The topological polar surface area (TPSA) is 38.2 Å². The fraction of sp³-hybridized carbons (Fsp3) is 0.636.